The molecule has 2 heterocycles. The average Bonchev–Trinajstić information content (AvgIpc) is 3.22. The molecule has 1 aliphatic heterocycles. The van der Waals surface area contributed by atoms with Crippen LogP contribution in [0.1, 0.15) is 38.5 Å². The first-order chi connectivity index (χ1) is 13.1. The monoisotopic (exact) mass is 366 g/mol. The van der Waals surface area contributed by atoms with Gasteiger partial charge >= 0.3 is 6.03 Å². The maximum atomic E-state index is 12.6. The minimum absolute atomic E-state index is 0.132. The zero-order chi connectivity index (χ0) is 18.9. The molecule has 4 rings (SSSR count). The van der Waals surface area contributed by atoms with Crippen LogP contribution in [0.3, 0.4) is 0 Å². The number of rotatable bonds is 5. The van der Waals surface area contributed by atoms with E-state index in [1.54, 1.807) is 12.4 Å². The van der Waals surface area contributed by atoms with Gasteiger partial charge in [-0.2, -0.15) is 0 Å². The summed E-state index contributed by atoms with van der Waals surface area (Å²) in [6, 6.07) is 7.19. The number of urea groups is 1. The summed E-state index contributed by atoms with van der Waals surface area (Å²) in [5.41, 5.74) is 0.0517. The molecule has 0 radical (unpaired) electrons. The van der Waals surface area contributed by atoms with Gasteiger partial charge in [-0.05, 0) is 31.4 Å². The van der Waals surface area contributed by atoms with Gasteiger partial charge in [0.25, 0.3) is 5.91 Å². The van der Waals surface area contributed by atoms with Gasteiger partial charge in [0, 0.05) is 41.8 Å². The van der Waals surface area contributed by atoms with Crippen molar-refractivity contribution in [2.75, 3.05) is 11.9 Å². The zero-order valence-corrected chi connectivity index (χ0v) is 15.0. The van der Waals surface area contributed by atoms with Crippen LogP contribution in [-0.2, 0) is 9.59 Å². The van der Waals surface area contributed by atoms with Gasteiger partial charge in [0.1, 0.15) is 5.54 Å². The Hall–Kier alpha value is -2.96. The van der Waals surface area contributed by atoms with Crippen molar-refractivity contribution in [1.29, 1.82) is 0 Å². The smallest absolute Gasteiger partial charge is 0.325 e. The maximum Gasteiger partial charge on any atom is 0.325 e. The highest BCUT2D eigenvalue weighted by molar-refractivity contribution is 6.07. The number of fused-ring (bicyclic) bond motifs is 1. The molecule has 1 saturated heterocycles. The molecule has 0 atom stereocenters. The molecule has 27 heavy (non-hydrogen) atoms. The Morgan fingerprint density at radius 2 is 2.04 bits per heavy atom. The average molecular weight is 366 g/mol. The molecule has 2 aromatic rings. The standard InChI is InChI=1S/C20H22N4O3/c25-17(22-16-6-3-5-14-13-21-11-8-15(14)16)7-4-12-24-18(26)20(23-19(24)27)9-1-2-10-20/h3,5-6,8,11,13H,1-2,4,7,9-10,12H2,(H,22,25)(H,23,27). The number of hydrogen-bond acceptors (Lipinski definition) is 4. The van der Waals surface area contributed by atoms with E-state index in [-0.39, 0.29) is 30.8 Å². The van der Waals surface area contributed by atoms with Crippen LogP contribution in [0.2, 0.25) is 0 Å². The lowest BCUT2D eigenvalue weighted by atomic mass is 9.98. The molecule has 1 aromatic carbocycles. The maximum absolute atomic E-state index is 12.6. The van der Waals surface area contributed by atoms with E-state index in [4.69, 9.17) is 0 Å². The molecule has 1 spiro atoms. The van der Waals surface area contributed by atoms with E-state index in [2.05, 4.69) is 15.6 Å². The number of nitrogens with one attached hydrogen (secondary N) is 2. The zero-order valence-electron chi connectivity index (χ0n) is 15.0. The Morgan fingerprint density at radius 3 is 2.85 bits per heavy atom. The van der Waals surface area contributed by atoms with Crippen LogP contribution in [0.4, 0.5) is 10.5 Å². The largest absolute Gasteiger partial charge is 0.326 e. The Balaban J connectivity index is 1.33. The number of imide groups is 1. The molecule has 1 saturated carbocycles. The minimum atomic E-state index is -0.684. The van der Waals surface area contributed by atoms with Gasteiger partial charge in [-0.1, -0.05) is 25.0 Å². The number of pyridine rings is 1. The Morgan fingerprint density at radius 1 is 1.22 bits per heavy atom. The summed E-state index contributed by atoms with van der Waals surface area (Å²) in [5.74, 6) is -0.270. The lowest BCUT2D eigenvalue weighted by molar-refractivity contribution is -0.131. The molecule has 1 aromatic heterocycles. The Bertz CT molecular complexity index is 900. The van der Waals surface area contributed by atoms with Gasteiger partial charge in [0.05, 0.1) is 0 Å². The van der Waals surface area contributed by atoms with Crippen LogP contribution in [-0.4, -0.2) is 39.8 Å². The summed E-state index contributed by atoms with van der Waals surface area (Å²) in [6.45, 7) is 0.263. The number of hydrogen-bond donors (Lipinski definition) is 2. The summed E-state index contributed by atoms with van der Waals surface area (Å²) >= 11 is 0. The third-order valence-corrected chi connectivity index (χ3v) is 5.44. The number of aromatic nitrogens is 1. The van der Waals surface area contributed by atoms with Crippen LogP contribution < -0.4 is 10.6 Å². The third-order valence-electron chi connectivity index (χ3n) is 5.44. The van der Waals surface area contributed by atoms with Gasteiger partial charge in [0.15, 0.2) is 0 Å². The van der Waals surface area contributed by atoms with Gasteiger partial charge in [0.2, 0.25) is 5.91 Å². The van der Waals surface area contributed by atoms with Crippen molar-refractivity contribution in [3.05, 3.63) is 36.7 Å². The van der Waals surface area contributed by atoms with Crippen molar-refractivity contribution in [3.8, 4) is 0 Å². The number of carbonyl (C=O) groups is 3. The van der Waals surface area contributed by atoms with E-state index >= 15 is 0 Å². The number of amides is 4. The molecule has 0 bridgehead atoms. The van der Waals surface area contributed by atoms with Crippen LogP contribution in [0.15, 0.2) is 36.7 Å². The lowest BCUT2D eigenvalue weighted by Crippen LogP contribution is -2.44. The van der Waals surface area contributed by atoms with Gasteiger partial charge in [-0.15, -0.1) is 0 Å². The van der Waals surface area contributed by atoms with Crippen LogP contribution in [0, 0.1) is 0 Å². The molecular formula is C20H22N4O3. The quantitative estimate of drug-likeness (QED) is 0.796. The molecule has 1 aliphatic carbocycles. The van der Waals surface area contributed by atoms with Crippen LogP contribution >= 0.6 is 0 Å². The fourth-order valence-corrected chi connectivity index (χ4v) is 4.04. The van der Waals surface area contributed by atoms with Crippen molar-refractivity contribution in [3.63, 3.8) is 0 Å². The summed E-state index contributed by atoms with van der Waals surface area (Å²) in [7, 11) is 0. The van der Waals surface area contributed by atoms with E-state index < -0.39 is 5.54 Å². The normalized spacial score (nSPS) is 18.3. The third kappa shape index (κ3) is 3.25. The summed E-state index contributed by atoms with van der Waals surface area (Å²) < 4.78 is 0. The van der Waals surface area contributed by atoms with Crippen molar-refractivity contribution in [2.45, 2.75) is 44.1 Å². The second kappa shape index (κ2) is 6.98. The molecular weight excluding hydrogens is 344 g/mol. The predicted octanol–water partition coefficient (Wildman–Crippen LogP) is 2.82. The van der Waals surface area contributed by atoms with E-state index in [0.717, 1.165) is 29.3 Å². The topological polar surface area (TPSA) is 91.4 Å². The predicted molar refractivity (Wildman–Crippen MR) is 101 cm³/mol. The molecule has 2 aliphatic rings. The second-order valence-electron chi connectivity index (χ2n) is 7.23. The van der Waals surface area contributed by atoms with Gasteiger partial charge < -0.3 is 10.6 Å². The van der Waals surface area contributed by atoms with Crippen LogP contribution in [0.5, 0.6) is 0 Å². The summed E-state index contributed by atoms with van der Waals surface area (Å²) in [4.78, 5) is 42.4. The van der Waals surface area contributed by atoms with E-state index in [0.29, 0.717) is 19.3 Å². The van der Waals surface area contributed by atoms with Crippen molar-refractivity contribution in [1.82, 2.24) is 15.2 Å². The lowest BCUT2D eigenvalue weighted by Gasteiger charge is -2.19. The number of anilines is 1. The highest BCUT2D eigenvalue weighted by Gasteiger charge is 2.51. The first-order valence-electron chi connectivity index (χ1n) is 9.36. The fourth-order valence-electron chi connectivity index (χ4n) is 4.04. The molecule has 2 fully saturated rings. The second-order valence-corrected chi connectivity index (χ2v) is 7.23. The highest BCUT2D eigenvalue weighted by Crippen LogP contribution is 2.35. The molecule has 140 valence electrons. The fraction of sp³-hybridized carbons (Fsp3) is 0.400. The first kappa shape index (κ1) is 17.5. The molecule has 7 nitrogen and oxygen atoms in total. The number of nitrogens with zero attached hydrogens (tertiary/aromatic N) is 2. The van der Waals surface area contributed by atoms with Gasteiger partial charge in [-0.3, -0.25) is 19.5 Å². The summed E-state index contributed by atoms with van der Waals surface area (Å²) in [6.07, 6.45) is 7.47. The Labute approximate surface area is 157 Å². The van der Waals surface area contributed by atoms with Crippen molar-refractivity contribution >= 4 is 34.3 Å². The number of benzene rings is 1. The molecule has 7 heteroatoms. The highest BCUT2D eigenvalue weighted by atomic mass is 16.2. The minimum Gasteiger partial charge on any atom is -0.326 e. The Kier molecular flexibility index (Phi) is 4.51. The van der Waals surface area contributed by atoms with Crippen molar-refractivity contribution in [2.24, 2.45) is 0 Å². The molecule has 0 unspecified atom stereocenters. The van der Waals surface area contributed by atoms with Gasteiger partial charge in [-0.25, -0.2) is 4.79 Å². The SMILES string of the molecule is O=C(CCCN1C(=O)NC2(CCCC2)C1=O)Nc1cccc2cnccc12. The summed E-state index contributed by atoms with van der Waals surface area (Å²) in [5, 5.41) is 7.65. The number of carbonyl (C=O) groups excluding carboxylic acids is 3. The van der Waals surface area contributed by atoms with E-state index in [1.807, 2.05) is 24.3 Å². The van der Waals surface area contributed by atoms with Crippen molar-refractivity contribution < 1.29 is 14.4 Å². The molecule has 2 N–H and O–H groups in total. The van der Waals surface area contributed by atoms with E-state index in [9.17, 15) is 14.4 Å². The first-order valence-corrected chi connectivity index (χ1v) is 9.36. The van der Waals surface area contributed by atoms with Crippen LogP contribution in [0.25, 0.3) is 10.8 Å². The van der Waals surface area contributed by atoms with E-state index in [1.165, 1.54) is 4.90 Å². The molecule has 4 amide bonds.